The van der Waals surface area contributed by atoms with Crippen molar-refractivity contribution in [3.8, 4) is 0 Å². The van der Waals surface area contributed by atoms with Gasteiger partial charge < -0.3 is 10.2 Å². The van der Waals surface area contributed by atoms with Gasteiger partial charge in [-0.1, -0.05) is 0 Å². The fourth-order valence-corrected chi connectivity index (χ4v) is 2.06. The van der Waals surface area contributed by atoms with Crippen LogP contribution in [0.15, 0.2) is 0 Å². The molecule has 2 aliphatic rings. The van der Waals surface area contributed by atoms with Gasteiger partial charge in [-0.15, -0.1) is 0 Å². The first-order valence-electron chi connectivity index (χ1n) is 5.26. The maximum absolute atomic E-state index is 3.62. The van der Waals surface area contributed by atoms with Crippen LogP contribution in [-0.2, 0) is 0 Å². The van der Waals surface area contributed by atoms with Crippen LogP contribution in [0.25, 0.3) is 0 Å². The van der Waals surface area contributed by atoms with E-state index in [1.165, 1.54) is 45.3 Å². The predicted molar refractivity (Wildman–Crippen MR) is 51.2 cm³/mol. The standard InChI is InChI=1S/C10H20N2/c1-12-6-2-3-9(8-12)7-11-10-4-5-10/h9-11H,2-8H2,1H3. The van der Waals surface area contributed by atoms with E-state index in [1.54, 1.807) is 0 Å². The van der Waals surface area contributed by atoms with E-state index < -0.39 is 0 Å². The number of nitrogens with one attached hydrogen (secondary N) is 1. The Labute approximate surface area is 75.3 Å². The zero-order valence-electron chi connectivity index (χ0n) is 8.05. The summed E-state index contributed by atoms with van der Waals surface area (Å²) in [5.41, 5.74) is 0. The highest BCUT2D eigenvalue weighted by molar-refractivity contribution is 4.83. The lowest BCUT2D eigenvalue weighted by Gasteiger charge is -2.29. The number of rotatable bonds is 3. The molecule has 0 aromatic carbocycles. The zero-order chi connectivity index (χ0) is 8.39. The Morgan fingerprint density at radius 3 is 2.83 bits per heavy atom. The van der Waals surface area contributed by atoms with Gasteiger partial charge in [-0.2, -0.15) is 0 Å². The topological polar surface area (TPSA) is 15.3 Å². The first kappa shape index (κ1) is 8.52. The van der Waals surface area contributed by atoms with Gasteiger partial charge in [0.05, 0.1) is 0 Å². The molecule has 2 heteroatoms. The highest BCUT2D eigenvalue weighted by Crippen LogP contribution is 2.20. The lowest BCUT2D eigenvalue weighted by atomic mass is 9.98. The summed E-state index contributed by atoms with van der Waals surface area (Å²) in [4.78, 5) is 2.46. The minimum absolute atomic E-state index is 0.886. The summed E-state index contributed by atoms with van der Waals surface area (Å²) in [6.45, 7) is 3.87. The number of hydrogen-bond acceptors (Lipinski definition) is 2. The summed E-state index contributed by atoms with van der Waals surface area (Å²) in [6, 6.07) is 0.886. The van der Waals surface area contributed by atoms with Crippen LogP contribution in [0.5, 0.6) is 0 Å². The van der Waals surface area contributed by atoms with Crippen LogP contribution in [0.4, 0.5) is 0 Å². The van der Waals surface area contributed by atoms with Gasteiger partial charge in [0.2, 0.25) is 0 Å². The van der Waals surface area contributed by atoms with Gasteiger partial charge in [-0.25, -0.2) is 0 Å². The maximum Gasteiger partial charge on any atom is 0.00683 e. The van der Waals surface area contributed by atoms with Gasteiger partial charge in [0, 0.05) is 12.6 Å². The van der Waals surface area contributed by atoms with Gasteiger partial charge in [0.15, 0.2) is 0 Å². The molecule has 70 valence electrons. The fourth-order valence-electron chi connectivity index (χ4n) is 2.06. The number of nitrogens with zero attached hydrogens (tertiary/aromatic N) is 1. The first-order valence-corrected chi connectivity index (χ1v) is 5.26. The van der Waals surface area contributed by atoms with Gasteiger partial charge >= 0.3 is 0 Å². The summed E-state index contributed by atoms with van der Waals surface area (Å²) in [5, 5.41) is 3.62. The molecule has 2 rings (SSSR count). The van der Waals surface area contributed by atoms with Crippen molar-refractivity contribution in [1.29, 1.82) is 0 Å². The average molecular weight is 168 g/mol. The SMILES string of the molecule is CN1CCCC(CNC2CC2)C1. The van der Waals surface area contributed by atoms with Crippen LogP contribution in [0.1, 0.15) is 25.7 Å². The van der Waals surface area contributed by atoms with Crippen LogP contribution in [0, 0.1) is 5.92 Å². The second-order valence-corrected chi connectivity index (χ2v) is 4.45. The Kier molecular flexibility index (Phi) is 2.66. The molecule has 0 amide bonds. The molecule has 2 nitrogen and oxygen atoms in total. The second-order valence-electron chi connectivity index (χ2n) is 4.45. The van der Waals surface area contributed by atoms with Crippen molar-refractivity contribution in [2.45, 2.75) is 31.7 Å². The molecule has 1 heterocycles. The van der Waals surface area contributed by atoms with Crippen molar-refractivity contribution < 1.29 is 0 Å². The molecule has 0 aromatic rings. The molecule has 1 saturated heterocycles. The van der Waals surface area contributed by atoms with Crippen molar-refractivity contribution in [3.63, 3.8) is 0 Å². The smallest absolute Gasteiger partial charge is 0.00683 e. The predicted octanol–water partition coefficient (Wildman–Crippen LogP) is 1.08. The largest absolute Gasteiger partial charge is 0.314 e. The highest BCUT2D eigenvalue weighted by atomic mass is 15.1. The summed E-state index contributed by atoms with van der Waals surface area (Å²) >= 11 is 0. The van der Waals surface area contributed by atoms with E-state index in [4.69, 9.17) is 0 Å². The van der Waals surface area contributed by atoms with Crippen LogP contribution >= 0.6 is 0 Å². The van der Waals surface area contributed by atoms with Crippen LogP contribution in [0.2, 0.25) is 0 Å². The highest BCUT2D eigenvalue weighted by Gasteiger charge is 2.23. The van der Waals surface area contributed by atoms with E-state index in [2.05, 4.69) is 17.3 Å². The zero-order valence-corrected chi connectivity index (χ0v) is 8.05. The molecule has 0 radical (unpaired) electrons. The summed E-state index contributed by atoms with van der Waals surface area (Å²) < 4.78 is 0. The summed E-state index contributed by atoms with van der Waals surface area (Å²) in [6.07, 6.45) is 5.67. The third-order valence-corrected chi connectivity index (χ3v) is 2.99. The first-order chi connectivity index (χ1) is 5.84. The van der Waals surface area contributed by atoms with E-state index >= 15 is 0 Å². The van der Waals surface area contributed by atoms with Crippen LogP contribution in [0.3, 0.4) is 0 Å². The number of likely N-dealkylation sites (tertiary alicyclic amines) is 1. The van der Waals surface area contributed by atoms with E-state index in [1.807, 2.05) is 0 Å². The number of piperidine rings is 1. The summed E-state index contributed by atoms with van der Waals surface area (Å²) in [7, 11) is 2.24. The Morgan fingerprint density at radius 2 is 2.17 bits per heavy atom. The second kappa shape index (κ2) is 3.75. The van der Waals surface area contributed by atoms with Gasteiger partial charge in [-0.05, 0) is 51.7 Å². The molecule has 1 saturated carbocycles. The molecule has 0 aromatic heterocycles. The lowest BCUT2D eigenvalue weighted by Crippen LogP contribution is -2.37. The van der Waals surface area contributed by atoms with Crippen molar-refractivity contribution in [2.24, 2.45) is 5.92 Å². The van der Waals surface area contributed by atoms with E-state index in [-0.39, 0.29) is 0 Å². The Hall–Kier alpha value is -0.0800. The normalized spacial score (nSPS) is 32.2. The molecule has 1 N–H and O–H groups in total. The molecule has 1 aliphatic carbocycles. The van der Waals surface area contributed by atoms with Crippen molar-refractivity contribution in [1.82, 2.24) is 10.2 Å². The van der Waals surface area contributed by atoms with Crippen molar-refractivity contribution >= 4 is 0 Å². The molecule has 0 bridgehead atoms. The number of hydrogen-bond donors (Lipinski definition) is 1. The molecule has 1 aliphatic heterocycles. The van der Waals surface area contributed by atoms with Crippen molar-refractivity contribution in [2.75, 3.05) is 26.7 Å². The Morgan fingerprint density at radius 1 is 1.33 bits per heavy atom. The lowest BCUT2D eigenvalue weighted by molar-refractivity contribution is 0.206. The minimum atomic E-state index is 0.886. The monoisotopic (exact) mass is 168 g/mol. The molecule has 0 spiro atoms. The fraction of sp³-hybridized carbons (Fsp3) is 1.00. The average Bonchev–Trinajstić information content (AvgIpc) is 2.84. The molecule has 1 atom stereocenters. The summed E-state index contributed by atoms with van der Waals surface area (Å²) in [5.74, 6) is 0.921. The molecular weight excluding hydrogens is 148 g/mol. The van der Waals surface area contributed by atoms with E-state index in [0.717, 1.165) is 12.0 Å². The van der Waals surface area contributed by atoms with Gasteiger partial charge in [0.1, 0.15) is 0 Å². The van der Waals surface area contributed by atoms with E-state index in [9.17, 15) is 0 Å². The maximum atomic E-state index is 3.62. The van der Waals surface area contributed by atoms with E-state index in [0.29, 0.717) is 0 Å². The quantitative estimate of drug-likeness (QED) is 0.678. The van der Waals surface area contributed by atoms with Crippen LogP contribution in [-0.4, -0.2) is 37.6 Å². The molecular formula is C10H20N2. The molecule has 1 unspecified atom stereocenters. The Bertz CT molecular complexity index is 143. The Balaban J connectivity index is 1.64. The minimum Gasteiger partial charge on any atom is -0.314 e. The van der Waals surface area contributed by atoms with Crippen molar-refractivity contribution in [3.05, 3.63) is 0 Å². The third-order valence-electron chi connectivity index (χ3n) is 2.99. The molecule has 12 heavy (non-hydrogen) atoms. The van der Waals surface area contributed by atoms with Gasteiger partial charge in [0.25, 0.3) is 0 Å². The van der Waals surface area contributed by atoms with Gasteiger partial charge in [-0.3, -0.25) is 0 Å². The third kappa shape index (κ3) is 2.46. The van der Waals surface area contributed by atoms with Crippen LogP contribution < -0.4 is 5.32 Å². The molecule has 2 fully saturated rings.